The summed E-state index contributed by atoms with van der Waals surface area (Å²) in [5.41, 5.74) is 4.48. The molecule has 0 saturated heterocycles. The topological polar surface area (TPSA) is 79.2 Å². The number of benzene rings is 4. The van der Waals surface area contributed by atoms with Crippen LogP contribution in [0.15, 0.2) is 97.1 Å². The molecule has 6 rings (SSSR count). The van der Waals surface area contributed by atoms with Gasteiger partial charge in [-0.15, -0.1) is 0 Å². The van der Waals surface area contributed by atoms with Crippen LogP contribution in [0.4, 0.5) is 5.69 Å². The highest BCUT2D eigenvalue weighted by atomic mass is 16.5. The molecule has 8 nitrogen and oxygen atoms in total. The number of ether oxygens (including phenoxy) is 4. The van der Waals surface area contributed by atoms with Crippen LogP contribution in [0.3, 0.4) is 0 Å². The maximum Gasteiger partial charge on any atom is 0.310 e. The molecule has 0 fully saturated rings. The van der Waals surface area contributed by atoms with E-state index in [1.54, 1.807) is 22.8 Å². The molecule has 1 aliphatic heterocycles. The summed E-state index contributed by atoms with van der Waals surface area (Å²) in [7, 11) is 3.56. The van der Waals surface area contributed by atoms with Crippen molar-refractivity contribution in [3.8, 4) is 17.2 Å². The standard InChI is InChI=1S/C36H34N2O6/c1-24-30(20-35(39)43-22-25-11-5-4-6-12-25)28-13-7-8-14-31(28)38(24)36(40)29-18-17-26(19-34(29)41-3)42-23-27-21-37(2)32-15-9-10-16-33(32)44-27/h4-19,27H,20-23H2,1-3H3/t27-/m0/s1. The molecule has 224 valence electrons. The third kappa shape index (κ3) is 5.83. The van der Waals surface area contributed by atoms with Gasteiger partial charge in [-0.25, -0.2) is 0 Å². The lowest BCUT2D eigenvalue weighted by atomic mass is 10.1. The van der Waals surface area contributed by atoms with E-state index in [9.17, 15) is 9.59 Å². The van der Waals surface area contributed by atoms with Crippen LogP contribution in [0.5, 0.6) is 17.2 Å². The number of likely N-dealkylation sites (N-methyl/N-ethyl adjacent to an activating group) is 1. The van der Waals surface area contributed by atoms with Gasteiger partial charge in [0.1, 0.15) is 36.6 Å². The Morgan fingerprint density at radius 1 is 0.932 bits per heavy atom. The number of carbonyl (C=O) groups excluding carboxylic acids is 2. The molecule has 0 radical (unpaired) electrons. The van der Waals surface area contributed by atoms with Gasteiger partial charge in [-0.2, -0.15) is 0 Å². The quantitative estimate of drug-likeness (QED) is 0.189. The first-order chi connectivity index (χ1) is 21.4. The number of fused-ring (bicyclic) bond motifs is 2. The van der Waals surface area contributed by atoms with Crippen molar-refractivity contribution in [3.05, 3.63) is 119 Å². The molecule has 1 aliphatic rings. The fourth-order valence-corrected chi connectivity index (χ4v) is 5.68. The zero-order chi connectivity index (χ0) is 30.6. The smallest absolute Gasteiger partial charge is 0.310 e. The maximum absolute atomic E-state index is 14.0. The lowest BCUT2D eigenvalue weighted by Gasteiger charge is -2.33. The number of methoxy groups -OCH3 is 1. The van der Waals surface area contributed by atoms with Crippen molar-refractivity contribution in [2.24, 2.45) is 0 Å². The van der Waals surface area contributed by atoms with Gasteiger partial charge in [0.25, 0.3) is 5.91 Å². The summed E-state index contributed by atoms with van der Waals surface area (Å²) in [6.45, 7) is 3.06. The van der Waals surface area contributed by atoms with Gasteiger partial charge in [-0.1, -0.05) is 60.7 Å². The summed E-state index contributed by atoms with van der Waals surface area (Å²) in [6.07, 6.45) is -0.111. The van der Waals surface area contributed by atoms with Crippen LogP contribution < -0.4 is 19.1 Å². The van der Waals surface area contributed by atoms with E-state index in [1.807, 2.05) is 92.8 Å². The van der Waals surface area contributed by atoms with E-state index in [-0.39, 0.29) is 31.0 Å². The number of para-hydroxylation sites is 3. The summed E-state index contributed by atoms with van der Waals surface area (Å²) >= 11 is 0. The maximum atomic E-state index is 14.0. The molecule has 4 aromatic carbocycles. The van der Waals surface area contributed by atoms with Crippen LogP contribution in [-0.4, -0.2) is 49.9 Å². The molecule has 44 heavy (non-hydrogen) atoms. The monoisotopic (exact) mass is 590 g/mol. The minimum Gasteiger partial charge on any atom is -0.496 e. The fraction of sp³-hybridized carbons (Fsp3) is 0.222. The number of hydrogen-bond donors (Lipinski definition) is 0. The molecular weight excluding hydrogens is 556 g/mol. The molecule has 8 heteroatoms. The van der Waals surface area contributed by atoms with Crippen molar-refractivity contribution < 1.29 is 28.5 Å². The Kier molecular flexibility index (Phi) is 8.23. The van der Waals surface area contributed by atoms with Crippen LogP contribution in [-0.2, 0) is 22.6 Å². The van der Waals surface area contributed by atoms with Crippen LogP contribution in [0.25, 0.3) is 10.9 Å². The highest BCUT2D eigenvalue weighted by Crippen LogP contribution is 2.33. The molecule has 1 atom stereocenters. The van der Waals surface area contributed by atoms with E-state index < -0.39 is 0 Å². The highest BCUT2D eigenvalue weighted by Gasteiger charge is 2.26. The van der Waals surface area contributed by atoms with Crippen molar-refractivity contribution in [2.45, 2.75) is 26.1 Å². The lowest BCUT2D eigenvalue weighted by Crippen LogP contribution is -2.41. The minimum absolute atomic E-state index is 0.0479. The second kappa shape index (κ2) is 12.6. The van der Waals surface area contributed by atoms with Gasteiger partial charge in [0.15, 0.2) is 0 Å². The minimum atomic E-state index is -0.358. The highest BCUT2D eigenvalue weighted by molar-refractivity contribution is 6.06. The Bertz CT molecular complexity index is 1810. The van der Waals surface area contributed by atoms with E-state index in [0.29, 0.717) is 41.4 Å². The van der Waals surface area contributed by atoms with E-state index in [4.69, 9.17) is 18.9 Å². The summed E-state index contributed by atoms with van der Waals surface area (Å²) < 4.78 is 25.1. The number of nitrogens with zero attached hydrogens (tertiary/aromatic N) is 2. The Morgan fingerprint density at radius 3 is 2.50 bits per heavy atom. The third-order valence-electron chi connectivity index (χ3n) is 7.90. The molecule has 0 aliphatic carbocycles. The van der Waals surface area contributed by atoms with Crippen LogP contribution in [0.2, 0.25) is 0 Å². The largest absolute Gasteiger partial charge is 0.496 e. The van der Waals surface area contributed by atoms with Gasteiger partial charge in [-0.3, -0.25) is 14.2 Å². The number of carbonyl (C=O) groups is 2. The van der Waals surface area contributed by atoms with Gasteiger partial charge in [0.2, 0.25) is 0 Å². The zero-order valence-corrected chi connectivity index (χ0v) is 25.0. The van der Waals surface area contributed by atoms with Crippen molar-refractivity contribution >= 4 is 28.5 Å². The summed E-state index contributed by atoms with van der Waals surface area (Å²) in [4.78, 5) is 29.1. The average Bonchev–Trinajstić information content (AvgIpc) is 3.33. The molecule has 5 aromatic rings. The number of anilines is 1. The van der Waals surface area contributed by atoms with Crippen molar-refractivity contribution in [1.29, 1.82) is 0 Å². The zero-order valence-electron chi connectivity index (χ0n) is 25.0. The average molecular weight is 591 g/mol. The number of rotatable bonds is 9. The number of esters is 1. The summed E-state index contributed by atoms with van der Waals surface area (Å²) in [5.74, 6) is 1.16. The Labute approximate surface area is 256 Å². The predicted molar refractivity (Wildman–Crippen MR) is 169 cm³/mol. The third-order valence-corrected chi connectivity index (χ3v) is 7.90. The van der Waals surface area contributed by atoms with Gasteiger partial charge in [0, 0.05) is 24.2 Å². The van der Waals surface area contributed by atoms with E-state index in [2.05, 4.69) is 4.90 Å². The van der Waals surface area contributed by atoms with Crippen LogP contribution in [0, 0.1) is 6.92 Å². The van der Waals surface area contributed by atoms with E-state index >= 15 is 0 Å². The van der Waals surface area contributed by atoms with Crippen molar-refractivity contribution in [2.75, 3.05) is 32.2 Å². The first kappa shape index (κ1) is 28.9. The summed E-state index contributed by atoms with van der Waals surface area (Å²) in [6, 6.07) is 30.2. The fourth-order valence-electron chi connectivity index (χ4n) is 5.68. The van der Waals surface area contributed by atoms with Gasteiger partial charge in [-0.05, 0) is 48.4 Å². The van der Waals surface area contributed by atoms with E-state index in [0.717, 1.165) is 28.0 Å². The Balaban J connectivity index is 1.20. The predicted octanol–water partition coefficient (Wildman–Crippen LogP) is 6.21. The molecule has 0 amide bonds. The molecule has 0 saturated carbocycles. The second-order valence-electron chi connectivity index (χ2n) is 10.8. The molecule has 1 aromatic heterocycles. The molecule has 0 N–H and O–H groups in total. The molecule has 0 unspecified atom stereocenters. The number of hydrogen-bond acceptors (Lipinski definition) is 7. The second-order valence-corrected chi connectivity index (χ2v) is 10.8. The van der Waals surface area contributed by atoms with Crippen molar-refractivity contribution in [3.63, 3.8) is 0 Å². The number of aromatic nitrogens is 1. The van der Waals surface area contributed by atoms with Crippen LogP contribution >= 0.6 is 0 Å². The first-order valence-electron chi connectivity index (χ1n) is 14.5. The molecule has 0 bridgehead atoms. The SMILES string of the molecule is COc1cc(OC[C@@H]2CN(C)c3ccccc3O2)ccc1C(=O)n1c(C)c(CC(=O)OCc2ccccc2)c2ccccc21. The van der Waals surface area contributed by atoms with E-state index in [1.165, 1.54) is 7.11 Å². The van der Waals surface area contributed by atoms with Gasteiger partial charge in [0.05, 0.1) is 36.8 Å². The lowest BCUT2D eigenvalue weighted by molar-refractivity contribution is -0.144. The normalized spacial score (nSPS) is 14.1. The molecular formula is C36H34N2O6. The Morgan fingerprint density at radius 2 is 1.68 bits per heavy atom. The molecule has 2 heterocycles. The van der Waals surface area contributed by atoms with Crippen LogP contribution in [0.1, 0.15) is 27.2 Å². The Hall–Kier alpha value is -5.24. The summed E-state index contributed by atoms with van der Waals surface area (Å²) in [5, 5.41) is 0.827. The first-order valence-corrected chi connectivity index (χ1v) is 14.5. The van der Waals surface area contributed by atoms with Gasteiger partial charge < -0.3 is 23.8 Å². The van der Waals surface area contributed by atoms with Gasteiger partial charge >= 0.3 is 5.97 Å². The molecule has 0 spiro atoms. The van der Waals surface area contributed by atoms with Crippen molar-refractivity contribution in [1.82, 2.24) is 4.57 Å².